The lowest BCUT2D eigenvalue weighted by atomic mass is 10.1. The van der Waals surface area contributed by atoms with Crippen molar-refractivity contribution >= 4 is 21.8 Å². The predicted molar refractivity (Wildman–Crippen MR) is 113 cm³/mol. The fourth-order valence-electron chi connectivity index (χ4n) is 2.65. The minimum atomic E-state index is -0.148. The zero-order chi connectivity index (χ0) is 20.5. The van der Waals surface area contributed by atoms with Crippen LogP contribution in [0.15, 0.2) is 53.5 Å². The van der Waals surface area contributed by atoms with Gasteiger partial charge in [-0.25, -0.2) is 0 Å². The molecule has 146 valence electrons. The largest absolute Gasteiger partial charge is 0.493 e. The van der Waals surface area contributed by atoms with Gasteiger partial charge in [0.05, 0.1) is 29.8 Å². The van der Waals surface area contributed by atoms with Gasteiger partial charge in [-0.3, -0.25) is 4.79 Å². The summed E-state index contributed by atoms with van der Waals surface area (Å²) in [7, 11) is 1.55. The van der Waals surface area contributed by atoms with Crippen molar-refractivity contribution in [2.45, 2.75) is 19.9 Å². The van der Waals surface area contributed by atoms with Crippen molar-refractivity contribution in [3.8, 4) is 17.6 Å². The van der Waals surface area contributed by atoms with Gasteiger partial charge in [-0.1, -0.05) is 25.1 Å². The summed E-state index contributed by atoms with van der Waals surface area (Å²) in [4.78, 5) is 14.8. The average molecular weight is 443 g/mol. The molecule has 0 spiro atoms. The highest BCUT2D eigenvalue weighted by Crippen LogP contribution is 2.37. The van der Waals surface area contributed by atoms with Crippen LogP contribution < -0.4 is 9.47 Å². The molecule has 0 fully saturated rings. The number of ether oxygens (including phenoxy) is 2. The van der Waals surface area contributed by atoms with E-state index in [-0.39, 0.29) is 5.91 Å². The van der Waals surface area contributed by atoms with Gasteiger partial charge in [0, 0.05) is 18.7 Å². The predicted octanol–water partition coefficient (Wildman–Crippen LogP) is 4.95. The van der Waals surface area contributed by atoms with Crippen molar-refractivity contribution in [1.29, 1.82) is 5.26 Å². The summed E-state index contributed by atoms with van der Waals surface area (Å²) in [5, 5.41) is 8.93. The van der Waals surface area contributed by atoms with Crippen LogP contribution in [0.4, 0.5) is 0 Å². The molecule has 2 rings (SSSR count). The fourth-order valence-corrected chi connectivity index (χ4v) is 3.21. The molecule has 0 saturated carbocycles. The van der Waals surface area contributed by atoms with Crippen molar-refractivity contribution < 1.29 is 14.3 Å². The van der Waals surface area contributed by atoms with Crippen LogP contribution in [0.3, 0.4) is 0 Å². The number of hydrogen-bond donors (Lipinski definition) is 0. The molecule has 0 heterocycles. The Morgan fingerprint density at radius 2 is 2.04 bits per heavy atom. The molecule has 0 unspecified atom stereocenters. The molecule has 0 aliphatic carbocycles. The van der Waals surface area contributed by atoms with E-state index < -0.39 is 0 Å². The number of carbonyl (C=O) groups is 1. The van der Waals surface area contributed by atoms with Crippen molar-refractivity contribution in [2.24, 2.45) is 0 Å². The van der Waals surface area contributed by atoms with E-state index in [9.17, 15) is 4.79 Å². The van der Waals surface area contributed by atoms with Crippen molar-refractivity contribution in [3.63, 3.8) is 0 Å². The summed E-state index contributed by atoms with van der Waals surface area (Å²) in [5.74, 6) is 0.941. The number of nitriles is 1. The lowest BCUT2D eigenvalue weighted by Gasteiger charge is -2.22. The van der Waals surface area contributed by atoms with Crippen LogP contribution in [-0.2, 0) is 6.54 Å². The van der Waals surface area contributed by atoms with E-state index in [0.717, 1.165) is 12.0 Å². The van der Waals surface area contributed by atoms with Crippen LogP contribution in [0, 0.1) is 11.3 Å². The zero-order valence-corrected chi connectivity index (χ0v) is 17.7. The van der Waals surface area contributed by atoms with Crippen LogP contribution >= 0.6 is 15.9 Å². The Kier molecular flexibility index (Phi) is 8.09. The Hall–Kier alpha value is -2.78. The quantitative estimate of drug-likeness (QED) is 0.515. The van der Waals surface area contributed by atoms with Gasteiger partial charge >= 0.3 is 0 Å². The lowest BCUT2D eigenvalue weighted by molar-refractivity contribution is 0.0762. The van der Waals surface area contributed by atoms with E-state index in [1.165, 1.54) is 0 Å². The molecule has 0 radical (unpaired) electrons. The van der Waals surface area contributed by atoms with E-state index >= 15 is 0 Å². The maximum Gasteiger partial charge on any atom is 0.254 e. The lowest BCUT2D eigenvalue weighted by Crippen LogP contribution is -2.30. The maximum absolute atomic E-state index is 13.1. The van der Waals surface area contributed by atoms with E-state index in [2.05, 4.69) is 28.6 Å². The minimum Gasteiger partial charge on any atom is -0.493 e. The highest BCUT2D eigenvalue weighted by atomic mass is 79.9. The number of amides is 1. The van der Waals surface area contributed by atoms with E-state index in [1.54, 1.807) is 42.4 Å². The second-order valence-electron chi connectivity index (χ2n) is 6.12. The van der Waals surface area contributed by atoms with Crippen LogP contribution in [0.25, 0.3) is 0 Å². The van der Waals surface area contributed by atoms with Crippen LogP contribution in [0.1, 0.15) is 34.8 Å². The van der Waals surface area contributed by atoms with Crippen molar-refractivity contribution in [1.82, 2.24) is 4.90 Å². The van der Waals surface area contributed by atoms with Gasteiger partial charge in [-0.2, -0.15) is 5.26 Å². The summed E-state index contributed by atoms with van der Waals surface area (Å²) >= 11 is 3.48. The van der Waals surface area contributed by atoms with Gasteiger partial charge in [-0.05, 0) is 52.2 Å². The summed E-state index contributed by atoms with van der Waals surface area (Å²) in [6.07, 6.45) is 2.56. The molecule has 5 nitrogen and oxygen atoms in total. The van der Waals surface area contributed by atoms with Gasteiger partial charge in [-0.15, -0.1) is 6.58 Å². The first-order chi connectivity index (χ1) is 13.5. The third-order valence-electron chi connectivity index (χ3n) is 4.02. The number of methoxy groups -OCH3 is 1. The van der Waals surface area contributed by atoms with Gasteiger partial charge in [0.25, 0.3) is 5.91 Å². The molecule has 0 saturated heterocycles. The molecular weight excluding hydrogens is 420 g/mol. The van der Waals surface area contributed by atoms with Gasteiger partial charge < -0.3 is 14.4 Å². The highest BCUT2D eigenvalue weighted by Gasteiger charge is 2.20. The molecule has 1 amide bonds. The number of benzene rings is 2. The first-order valence-electron chi connectivity index (χ1n) is 8.93. The molecular formula is C22H23BrN2O3. The zero-order valence-electron chi connectivity index (χ0n) is 16.1. The Bertz CT molecular complexity index is 873. The third kappa shape index (κ3) is 5.37. The van der Waals surface area contributed by atoms with Crippen LogP contribution in [-0.4, -0.2) is 31.1 Å². The third-order valence-corrected chi connectivity index (χ3v) is 4.61. The molecule has 0 bridgehead atoms. The van der Waals surface area contributed by atoms with Gasteiger partial charge in [0.1, 0.15) is 0 Å². The molecule has 2 aromatic rings. The number of halogens is 1. The Morgan fingerprint density at radius 3 is 2.61 bits per heavy atom. The molecule has 0 aliphatic rings. The van der Waals surface area contributed by atoms with E-state index in [1.807, 2.05) is 19.1 Å². The fraction of sp³-hybridized carbons (Fsp3) is 0.273. The highest BCUT2D eigenvalue weighted by molar-refractivity contribution is 9.10. The van der Waals surface area contributed by atoms with E-state index in [0.29, 0.717) is 46.8 Å². The second-order valence-corrected chi connectivity index (χ2v) is 6.98. The molecule has 0 aromatic heterocycles. The summed E-state index contributed by atoms with van der Waals surface area (Å²) in [6, 6.07) is 12.7. The Morgan fingerprint density at radius 1 is 1.32 bits per heavy atom. The Labute approximate surface area is 174 Å². The van der Waals surface area contributed by atoms with E-state index in [4.69, 9.17) is 14.7 Å². The SMILES string of the molecule is C=CCN(Cc1ccc(C#N)cc1)C(=O)c1cc(Br)c(OCCC)c(OC)c1. The maximum atomic E-state index is 13.1. The monoisotopic (exact) mass is 442 g/mol. The summed E-state index contributed by atoms with van der Waals surface area (Å²) in [6.45, 7) is 7.14. The molecule has 2 aromatic carbocycles. The number of carbonyl (C=O) groups excluding carboxylic acids is 1. The average Bonchev–Trinajstić information content (AvgIpc) is 2.72. The second kappa shape index (κ2) is 10.5. The summed E-state index contributed by atoms with van der Waals surface area (Å²) < 4.78 is 11.8. The first-order valence-corrected chi connectivity index (χ1v) is 9.72. The Balaban J connectivity index is 2.29. The van der Waals surface area contributed by atoms with Gasteiger partial charge in [0.15, 0.2) is 11.5 Å². The summed E-state index contributed by atoms with van der Waals surface area (Å²) in [5.41, 5.74) is 2.01. The normalized spacial score (nSPS) is 10.1. The molecule has 0 atom stereocenters. The molecule has 0 N–H and O–H groups in total. The van der Waals surface area contributed by atoms with Crippen LogP contribution in [0.2, 0.25) is 0 Å². The standard InChI is InChI=1S/C22H23BrN2O3/c1-4-10-25(15-17-8-6-16(14-24)7-9-17)22(26)18-12-19(23)21(28-11-5-2)20(13-18)27-3/h4,6-9,12-13H,1,5,10-11,15H2,2-3H3. The first kappa shape index (κ1) is 21.5. The molecule has 6 heteroatoms. The molecule has 28 heavy (non-hydrogen) atoms. The topological polar surface area (TPSA) is 62.6 Å². The van der Waals surface area contributed by atoms with Crippen molar-refractivity contribution in [3.05, 3.63) is 70.2 Å². The van der Waals surface area contributed by atoms with Crippen molar-refractivity contribution in [2.75, 3.05) is 20.3 Å². The number of hydrogen-bond acceptors (Lipinski definition) is 4. The number of nitrogens with zero attached hydrogens (tertiary/aromatic N) is 2. The minimum absolute atomic E-state index is 0.148. The van der Waals surface area contributed by atoms with Gasteiger partial charge in [0.2, 0.25) is 0 Å². The smallest absolute Gasteiger partial charge is 0.254 e. The number of rotatable bonds is 9. The van der Waals surface area contributed by atoms with Crippen LogP contribution in [0.5, 0.6) is 11.5 Å². The molecule has 0 aliphatic heterocycles.